The molecule has 0 aliphatic heterocycles. The zero-order chi connectivity index (χ0) is 4.50. The van der Waals surface area contributed by atoms with Crippen LogP contribution in [0.5, 0.6) is 0 Å². The molecule has 7 heteroatoms. The monoisotopic (exact) mass is 377 g/mol. The molecule has 0 saturated carbocycles. The minimum absolute atomic E-state index is 0. The Balaban J connectivity index is -0.0000000800. The van der Waals surface area contributed by atoms with Gasteiger partial charge in [-0.1, -0.05) is 0 Å². The van der Waals surface area contributed by atoms with Crippen molar-refractivity contribution in [3.63, 3.8) is 0 Å². The number of hydrogen-bond acceptors (Lipinski definition) is 1. The summed E-state index contributed by atoms with van der Waals surface area (Å²) in [7, 11) is -4.64. The van der Waals surface area contributed by atoms with E-state index in [1.807, 2.05) is 0 Å². The van der Waals surface area contributed by atoms with Gasteiger partial charge in [-0.15, -0.1) is 0 Å². The maximum absolute atomic E-state index is 8.88. The van der Waals surface area contributed by atoms with Gasteiger partial charge in [0, 0.05) is 35.6 Å². The molecule has 1 radical (unpaired) electrons. The van der Waals surface area contributed by atoms with Crippen molar-refractivity contribution in [1.82, 2.24) is 0 Å². The Morgan fingerprint density at radius 1 is 1.14 bits per heavy atom. The normalized spacial score (nSPS) is 8.43. The smallest absolute Gasteiger partial charge is 0 e. The standard InChI is InChI=1S/Ba.La.H3O4P.2H/c;;1-5(2,3)4;;/h;;(H3,1,2,3,4);;. The van der Waals surface area contributed by atoms with E-state index in [0.717, 1.165) is 0 Å². The quantitative estimate of drug-likeness (QED) is 0.343. The van der Waals surface area contributed by atoms with Gasteiger partial charge in [-0.3, -0.25) is 0 Å². The van der Waals surface area contributed by atoms with E-state index in [2.05, 4.69) is 0 Å². The number of rotatable bonds is 0. The topological polar surface area (TPSA) is 77.8 Å². The van der Waals surface area contributed by atoms with Crippen LogP contribution in [0.15, 0.2) is 0 Å². The summed E-state index contributed by atoms with van der Waals surface area (Å²) in [5.41, 5.74) is 0. The van der Waals surface area contributed by atoms with Crippen LogP contribution in [0.2, 0.25) is 0 Å². The first-order valence-electron chi connectivity index (χ1n) is 0.783. The predicted octanol–water partition coefficient (Wildman–Crippen LogP) is -1.84. The Kier molecular flexibility index (Phi) is 16.4. The van der Waals surface area contributed by atoms with Crippen LogP contribution in [0.1, 0.15) is 0 Å². The molecule has 0 heterocycles. The summed E-state index contributed by atoms with van der Waals surface area (Å²) in [6.07, 6.45) is 0. The Morgan fingerprint density at radius 3 is 1.14 bits per heavy atom. The van der Waals surface area contributed by atoms with Crippen LogP contribution in [0.3, 0.4) is 0 Å². The van der Waals surface area contributed by atoms with Crippen LogP contribution in [0, 0.1) is 35.6 Å². The first kappa shape index (κ1) is 16.5. The first-order valence-corrected chi connectivity index (χ1v) is 2.35. The fourth-order valence-corrected chi connectivity index (χ4v) is 0. The Bertz CT molecular complexity index is 57.8. The van der Waals surface area contributed by atoms with Crippen molar-refractivity contribution < 1.29 is 54.8 Å². The molecule has 3 N–H and O–H groups in total. The van der Waals surface area contributed by atoms with Gasteiger partial charge in [0.2, 0.25) is 0 Å². The molecule has 0 atom stereocenters. The maximum atomic E-state index is 8.88. The van der Waals surface area contributed by atoms with Crippen molar-refractivity contribution in [3.05, 3.63) is 0 Å². The van der Waals surface area contributed by atoms with Crippen molar-refractivity contribution in [2.24, 2.45) is 0 Å². The molecule has 0 fully saturated rings. The third-order valence-corrected chi connectivity index (χ3v) is 0. The molecule has 0 bridgehead atoms. The second kappa shape index (κ2) is 6.99. The first-order chi connectivity index (χ1) is 2.00. The van der Waals surface area contributed by atoms with Gasteiger partial charge in [0.25, 0.3) is 0 Å². The van der Waals surface area contributed by atoms with Gasteiger partial charge in [0.1, 0.15) is 0 Å². The van der Waals surface area contributed by atoms with Crippen LogP contribution in [0.4, 0.5) is 0 Å². The number of hydrogen-bond donors (Lipinski definition) is 3. The molecule has 0 aromatic carbocycles. The zero-order valence-electron chi connectivity index (χ0n) is 2.77. The molecule has 39 valence electrons. The molecular weight excluding hydrogens is 371 g/mol. The largest absolute Gasteiger partial charge is 0 e. The van der Waals surface area contributed by atoms with E-state index in [9.17, 15) is 0 Å². The molecule has 0 unspecified atom stereocenters. The van der Waals surface area contributed by atoms with Crippen molar-refractivity contribution >= 4 is 56.7 Å². The molecule has 4 nitrogen and oxygen atoms in total. The van der Waals surface area contributed by atoms with Gasteiger partial charge in [-0.2, -0.15) is 0 Å². The molecule has 0 aliphatic rings. The van der Waals surface area contributed by atoms with E-state index in [4.69, 9.17) is 19.2 Å². The van der Waals surface area contributed by atoms with Crippen molar-refractivity contribution in [2.75, 3.05) is 0 Å². The molecule has 0 saturated heterocycles. The Morgan fingerprint density at radius 2 is 1.14 bits per heavy atom. The van der Waals surface area contributed by atoms with Gasteiger partial charge in [0.15, 0.2) is 0 Å². The second-order valence-electron chi connectivity index (χ2n) is 0.513. The summed E-state index contributed by atoms with van der Waals surface area (Å²) in [5, 5.41) is 0. The fourth-order valence-electron chi connectivity index (χ4n) is 0. The van der Waals surface area contributed by atoms with Crippen LogP contribution in [-0.4, -0.2) is 63.6 Å². The molecule has 0 amide bonds. The van der Waals surface area contributed by atoms with Crippen molar-refractivity contribution in [3.8, 4) is 0 Å². The Hall–Kier alpha value is 2.88. The summed E-state index contributed by atoms with van der Waals surface area (Å²) < 4.78 is 8.88. The van der Waals surface area contributed by atoms with E-state index in [0.29, 0.717) is 0 Å². The van der Waals surface area contributed by atoms with Gasteiger partial charge in [0.05, 0.1) is 0 Å². The maximum Gasteiger partial charge on any atom is 0 e. The molecule has 0 spiro atoms. The molecule has 7 heavy (non-hydrogen) atoms. The van der Waals surface area contributed by atoms with Crippen LogP contribution in [-0.2, 0) is 4.57 Å². The van der Waals surface area contributed by atoms with E-state index < -0.39 is 7.82 Å². The van der Waals surface area contributed by atoms with Crippen LogP contribution in [0.25, 0.3) is 0 Å². The predicted molar refractivity (Wildman–Crippen MR) is 22.8 cm³/mol. The van der Waals surface area contributed by atoms with Gasteiger partial charge in [-0.05, 0) is 0 Å². The number of phosphoric acid groups is 1. The van der Waals surface area contributed by atoms with Crippen LogP contribution < -0.4 is 0 Å². The minimum Gasteiger partial charge on any atom is 0 e. The summed E-state index contributed by atoms with van der Waals surface area (Å²) in [4.78, 5) is 21.6. The summed E-state index contributed by atoms with van der Waals surface area (Å²) in [6, 6.07) is 0. The summed E-state index contributed by atoms with van der Waals surface area (Å²) >= 11 is 0. The molecule has 0 aliphatic carbocycles. The fraction of sp³-hybridized carbons (Fsp3) is 0. The second-order valence-corrected chi connectivity index (χ2v) is 1.54. The molecular formula is H5BaLaO4P. The zero-order valence-corrected chi connectivity index (χ0v) is 7.29. The Labute approximate surface area is 109 Å². The van der Waals surface area contributed by atoms with Crippen LogP contribution >= 0.6 is 7.82 Å². The van der Waals surface area contributed by atoms with E-state index in [1.54, 1.807) is 0 Å². The summed E-state index contributed by atoms with van der Waals surface area (Å²) in [6.45, 7) is 0. The average molecular weight is 376 g/mol. The SMILES string of the molecule is O=P(O)(O)O.[BaH2].[La]. The average Bonchev–Trinajstić information content (AvgIpc) is 0.722. The third-order valence-electron chi connectivity index (χ3n) is 0. The molecule has 0 rings (SSSR count). The van der Waals surface area contributed by atoms with Crippen molar-refractivity contribution in [1.29, 1.82) is 0 Å². The summed E-state index contributed by atoms with van der Waals surface area (Å²) in [5.74, 6) is 0. The third kappa shape index (κ3) is 50.7. The molecule has 0 aromatic heterocycles. The van der Waals surface area contributed by atoms with Gasteiger partial charge >= 0.3 is 56.7 Å². The van der Waals surface area contributed by atoms with Crippen molar-refractivity contribution in [2.45, 2.75) is 0 Å². The van der Waals surface area contributed by atoms with E-state index in [1.165, 1.54) is 0 Å². The van der Waals surface area contributed by atoms with E-state index in [-0.39, 0.29) is 84.5 Å². The van der Waals surface area contributed by atoms with Gasteiger partial charge in [-0.25, -0.2) is 4.57 Å². The minimum atomic E-state index is -4.64. The van der Waals surface area contributed by atoms with Gasteiger partial charge < -0.3 is 14.7 Å². The molecule has 0 aromatic rings. The van der Waals surface area contributed by atoms with E-state index >= 15 is 0 Å².